The van der Waals surface area contributed by atoms with Crippen LogP contribution in [0.2, 0.25) is 5.02 Å². The van der Waals surface area contributed by atoms with Gasteiger partial charge in [-0.25, -0.2) is 4.39 Å². The van der Waals surface area contributed by atoms with Crippen LogP contribution in [0.25, 0.3) is 0 Å². The molecular weight excluding hydrogens is 343 g/mol. The Morgan fingerprint density at radius 3 is 2.80 bits per heavy atom. The highest BCUT2D eigenvalue weighted by Crippen LogP contribution is 2.39. The summed E-state index contributed by atoms with van der Waals surface area (Å²) in [5.41, 5.74) is -0.112. The van der Waals surface area contributed by atoms with E-state index >= 15 is 0 Å². The quantitative estimate of drug-likeness (QED) is 0.859. The number of benzene rings is 1. The topological polar surface area (TPSA) is 58.2 Å². The maximum absolute atomic E-state index is 13.9. The SMILES string of the molecule is CC(C)C1CC(=O)NC2CC(NC(=O)c3c(F)cccc3Cl)CCC21. The molecule has 0 radical (unpaired) electrons. The van der Waals surface area contributed by atoms with Crippen LogP contribution in [0.5, 0.6) is 0 Å². The summed E-state index contributed by atoms with van der Waals surface area (Å²) in [5, 5.41) is 6.08. The average Bonchev–Trinajstić information content (AvgIpc) is 2.53. The Kier molecular flexibility index (Phi) is 5.32. The summed E-state index contributed by atoms with van der Waals surface area (Å²) < 4.78 is 13.9. The van der Waals surface area contributed by atoms with Gasteiger partial charge < -0.3 is 10.6 Å². The second-order valence-corrected chi connectivity index (χ2v) is 7.94. The van der Waals surface area contributed by atoms with Gasteiger partial charge in [-0.3, -0.25) is 9.59 Å². The first-order valence-electron chi connectivity index (χ1n) is 8.91. The lowest BCUT2D eigenvalue weighted by molar-refractivity contribution is -0.128. The van der Waals surface area contributed by atoms with Crippen LogP contribution in [0.1, 0.15) is 49.9 Å². The van der Waals surface area contributed by atoms with E-state index < -0.39 is 11.7 Å². The summed E-state index contributed by atoms with van der Waals surface area (Å²) in [6.07, 6.45) is 3.04. The lowest BCUT2D eigenvalue weighted by Crippen LogP contribution is -2.56. The van der Waals surface area contributed by atoms with Crippen LogP contribution in [0.15, 0.2) is 18.2 Å². The van der Waals surface area contributed by atoms with Crippen molar-refractivity contribution < 1.29 is 14.0 Å². The highest BCUT2D eigenvalue weighted by Gasteiger charge is 2.42. The van der Waals surface area contributed by atoms with Crippen LogP contribution < -0.4 is 10.6 Å². The van der Waals surface area contributed by atoms with Crippen molar-refractivity contribution in [1.82, 2.24) is 10.6 Å². The second-order valence-electron chi connectivity index (χ2n) is 7.53. The summed E-state index contributed by atoms with van der Waals surface area (Å²) in [6, 6.07) is 4.19. The third-order valence-corrected chi connectivity index (χ3v) is 5.92. The molecule has 0 bridgehead atoms. The molecule has 4 unspecified atom stereocenters. The molecule has 1 aliphatic carbocycles. The number of carbonyl (C=O) groups excluding carboxylic acids is 2. The first kappa shape index (κ1) is 18.2. The van der Waals surface area contributed by atoms with Crippen LogP contribution in [-0.4, -0.2) is 23.9 Å². The Morgan fingerprint density at radius 1 is 1.36 bits per heavy atom. The van der Waals surface area contributed by atoms with Crippen molar-refractivity contribution in [3.8, 4) is 0 Å². The monoisotopic (exact) mass is 366 g/mol. The predicted octanol–water partition coefficient (Wildman–Crippen LogP) is 3.54. The van der Waals surface area contributed by atoms with E-state index in [-0.39, 0.29) is 28.6 Å². The van der Waals surface area contributed by atoms with Crippen molar-refractivity contribution >= 4 is 23.4 Å². The number of hydrogen-bond acceptors (Lipinski definition) is 2. The lowest BCUT2D eigenvalue weighted by atomic mass is 9.67. The Bertz CT molecular complexity index is 659. The Hall–Kier alpha value is -1.62. The van der Waals surface area contributed by atoms with Crippen molar-refractivity contribution in [1.29, 1.82) is 0 Å². The Labute approximate surface area is 152 Å². The van der Waals surface area contributed by atoms with Gasteiger partial charge in [-0.15, -0.1) is 0 Å². The number of carbonyl (C=O) groups is 2. The van der Waals surface area contributed by atoms with E-state index in [0.717, 1.165) is 12.8 Å². The van der Waals surface area contributed by atoms with Crippen molar-refractivity contribution in [2.45, 2.75) is 51.6 Å². The van der Waals surface area contributed by atoms with Gasteiger partial charge in [0.1, 0.15) is 5.82 Å². The molecule has 1 aromatic rings. The first-order valence-corrected chi connectivity index (χ1v) is 9.29. The molecule has 1 saturated heterocycles. The van der Waals surface area contributed by atoms with E-state index in [2.05, 4.69) is 24.5 Å². The second kappa shape index (κ2) is 7.32. The molecule has 1 saturated carbocycles. The smallest absolute Gasteiger partial charge is 0.255 e. The molecule has 4 atom stereocenters. The van der Waals surface area contributed by atoms with Crippen molar-refractivity contribution in [3.05, 3.63) is 34.6 Å². The summed E-state index contributed by atoms with van der Waals surface area (Å²) in [4.78, 5) is 24.4. The number of fused-ring (bicyclic) bond motifs is 1. The molecule has 2 aliphatic rings. The molecule has 2 amide bonds. The van der Waals surface area contributed by atoms with Crippen LogP contribution >= 0.6 is 11.6 Å². The van der Waals surface area contributed by atoms with E-state index in [4.69, 9.17) is 11.6 Å². The molecule has 2 N–H and O–H groups in total. The highest BCUT2D eigenvalue weighted by atomic mass is 35.5. The zero-order valence-electron chi connectivity index (χ0n) is 14.5. The minimum absolute atomic E-state index is 0.0730. The van der Waals surface area contributed by atoms with E-state index in [1.807, 2.05) is 0 Å². The van der Waals surface area contributed by atoms with Crippen molar-refractivity contribution in [3.63, 3.8) is 0 Å². The molecular formula is C19H24ClFN2O2. The number of amides is 2. The van der Waals surface area contributed by atoms with E-state index in [0.29, 0.717) is 30.6 Å². The Balaban J connectivity index is 1.68. The third kappa shape index (κ3) is 3.81. The largest absolute Gasteiger partial charge is 0.353 e. The third-order valence-electron chi connectivity index (χ3n) is 5.60. The molecule has 25 heavy (non-hydrogen) atoms. The van der Waals surface area contributed by atoms with Crippen LogP contribution in [0, 0.1) is 23.6 Å². The van der Waals surface area contributed by atoms with Crippen LogP contribution in [-0.2, 0) is 4.79 Å². The molecule has 2 fully saturated rings. The maximum Gasteiger partial charge on any atom is 0.255 e. The molecule has 3 rings (SSSR count). The van der Waals surface area contributed by atoms with Crippen LogP contribution in [0.4, 0.5) is 4.39 Å². The van der Waals surface area contributed by atoms with Gasteiger partial charge in [0.25, 0.3) is 5.91 Å². The molecule has 1 aromatic carbocycles. The minimum Gasteiger partial charge on any atom is -0.353 e. The van der Waals surface area contributed by atoms with Gasteiger partial charge in [-0.05, 0) is 49.1 Å². The maximum atomic E-state index is 13.9. The standard InChI is InChI=1S/C19H24ClFN2O2/c1-10(2)13-9-17(24)23-16-8-11(6-7-12(13)16)22-19(25)18-14(20)4-3-5-15(18)21/h3-5,10-13,16H,6-9H2,1-2H3,(H,22,25)(H,23,24). The summed E-state index contributed by atoms with van der Waals surface area (Å²) in [7, 11) is 0. The van der Waals surface area contributed by atoms with Gasteiger partial charge in [0.2, 0.25) is 5.91 Å². The zero-order valence-corrected chi connectivity index (χ0v) is 15.3. The van der Waals surface area contributed by atoms with Gasteiger partial charge in [0, 0.05) is 18.5 Å². The normalized spacial score (nSPS) is 29.1. The number of hydrogen-bond donors (Lipinski definition) is 2. The van der Waals surface area contributed by atoms with E-state index in [1.165, 1.54) is 18.2 Å². The Morgan fingerprint density at radius 2 is 2.12 bits per heavy atom. The minimum atomic E-state index is -0.621. The van der Waals surface area contributed by atoms with Crippen LogP contribution in [0.3, 0.4) is 0 Å². The first-order chi connectivity index (χ1) is 11.9. The molecule has 4 nitrogen and oxygen atoms in total. The van der Waals surface area contributed by atoms with Crippen molar-refractivity contribution in [2.24, 2.45) is 17.8 Å². The van der Waals surface area contributed by atoms with Gasteiger partial charge in [-0.2, -0.15) is 0 Å². The molecule has 0 aromatic heterocycles. The van der Waals surface area contributed by atoms with Gasteiger partial charge in [0.15, 0.2) is 0 Å². The van der Waals surface area contributed by atoms with E-state index in [1.54, 1.807) is 0 Å². The summed E-state index contributed by atoms with van der Waals surface area (Å²) in [6.45, 7) is 4.32. The molecule has 136 valence electrons. The number of piperidine rings is 1. The summed E-state index contributed by atoms with van der Waals surface area (Å²) >= 11 is 5.97. The predicted molar refractivity (Wildman–Crippen MR) is 94.9 cm³/mol. The fourth-order valence-corrected chi connectivity index (χ4v) is 4.59. The average molecular weight is 367 g/mol. The van der Waals surface area contributed by atoms with Gasteiger partial charge >= 0.3 is 0 Å². The summed E-state index contributed by atoms with van der Waals surface area (Å²) in [5.74, 6) is 0.268. The zero-order chi connectivity index (χ0) is 18.1. The highest BCUT2D eigenvalue weighted by molar-refractivity contribution is 6.33. The van der Waals surface area contributed by atoms with Gasteiger partial charge in [0.05, 0.1) is 10.6 Å². The number of rotatable bonds is 3. The van der Waals surface area contributed by atoms with E-state index in [9.17, 15) is 14.0 Å². The lowest BCUT2D eigenvalue weighted by Gasteiger charge is -2.45. The number of nitrogens with one attached hydrogen (secondary N) is 2. The fourth-order valence-electron chi connectivity index (χ4n) is 4.34. The molecule has 0 spiro atoms. The molecule has 1 aliphatic heterocycles. The van der Waals surface area contributed by atoms with Crippen molar-refractivity contribution in [2.75, 3.05) is 0 Å². The number of halogens is 2. The molecule has 1 heterocycles. The fraction of sp³-hybridized carbons (Fsp3) is 0.579. The van der Waals surface area contributed by atoms with Gasteiger partial charge in [-0.1, -0.05) is 31.5 Å². The molecule has 6 heteroatoms.